The molecule has 1 saturated heterocycles. The minimum atomic E-state index is -4.19. The normalized spacial score (nSPS) is 23.0. The van der Waals surface area contributed by atoms with Crippen LogP contribution in [0, 0.1) is 17.3 Å². The summed E-state index contributed by atoms with van der Waals surface area (Å²) < 4.78 is 73.4. The van der Waals surface area contributed by atoms with Gasteiger partial charge in [0.2, 0.25) is 34.2 Å². The minimum absolute atomic E-state index is 0.118. The number of halogens is 2. The summed E-state index contributed by atoms with van der Waals surface area (Å²) in [6, 6.07) is 3.19. The number of hydrogen-bond acceptors (Lipinski definition) is 14. The van der Waals surface area contributed by atoms with E-state index in [0.717, 1.165) is 19.3 Å². The maximum atomic E-state index is 15.1. The number of alkyl carbamates (subject to hydrolysis) is 1. The Kier molecular flexibility index (Phi) is 14.6. The second-order valence-corrected chi connectivity index (χ2v) is 22.1. The summed E-state index contributed by atoms with van der Waals surface area (Å²) in [5.41, 5.74) is -1.80. The predicted octanol–water partition coefficient (Wildman–Crippen LogP) is 5.12. The van der Waals surface area contributed by atoms with Crippen molar-refractivity contribution >= 4 is 67.1 Å². The average Bonchev–Trinajstić information content (AvgIpc) is 4.18. The zero-order chi connectivity index (χ0) is 48.6. The molecule has 4 aliphatic rings. The molecule has 18 nitrogen and oxygen atoms in total. The smallest absolute Gasteiger partial charge is 0.407 e. The number of nitrogens with one attached hydrogen (secondary N) is 5. The summed E-state index contributed by atoms with van der Waals surface area (Å²) >= 11 is 1.39. The van der Waals surface area contributed by atoms with Crippen molar-refractivity contribution in [2.45, 2.75) is 140 Å². The Labute approximate surface area is 392 Å². The zero-order valence-corrected chi connectivity index (χ0v) is 40.3. The minimum Gasteiger partial charge on any atom is -0.497 e. The van der Waals surface area contributed by atoms with Crippen LogP contribution in [0.4, 0.5) is 18.7 Å². The van der Waals surface area contributed by atoms with E-state index < -0.39 is 98.9 Å². The molecule has 0 radical (unpaired) electrons. The topological polar surface area (TPSA) is 236 Å². The molecular weight excluding hydrogens is 915 g/mol. The molecule has 1 aliphatic heterocycles. The van der Waals surface area contributed by atoms with E-state index in [1.54, 1.807) is 45.0 Å². The Balaban J connectivity index is 1.24. The van der Waals surface area contributed by atoms with Gasteiger partial charge in [0, 0.05) is 35.4 Å². The highest BCUT2D eigenvalue weighted by molar-refractivity contribution is 7.91. The number of thiazole rings is 1. The fourth-order valence-corrected chi connectivity index (χ4v) is 11.1. The van der Waals surface area contributed by atoms with Crippen LogP contribution in [0.3, 0.4) is 0 Å². The molecule has 6 atom stereocenters. The first-order valence-corrected chi connectivity index (χ1v) is 25.1. The monoisotopic (exact) mass is 974 g/mol. The van der Waals surface area contributed by atoms with Gasteiger partial charge in [-0.05, 0) is 69.4 Å². The number of hydrogen-bond donors (Lipinski definition) is 5. The third-order valence-corrected chi connectivity index (χ3v) is 15.4. The van der Waals surface area contributed by atoms with Crippen molar-refractivity contribution in [1.29, 1.82) is 0 Å². The van der Waals surface area contributed by atoms with Gasteiger partial charge in [-0.2, -0.15) is 0 Å². The summed E-state index contributed by atoms with van der Waals surface area (Å²) in [5, 5.41) is 13.5. The molecule has 7 rings (SSSR count). The molecule has 5 amide bonds. The van der Waals surface area contributed by atoms with Crippen LogP contribution in [0.1, 0.15) is 92.4 Å². The number of anilines is 1. The molecule has 2 aromatic heterocycles. The average molecular weight is 975 g/mol. The summed E-state index contributed by atoms with van der Waals surface area (Å²) in [4.78, 5) is 81.0. The lowest BCUT2D eigenvalue weighted by molar-refractivity contribution is -0.145. The van der Waals surface area contributed by atoms with Gasteiger partial charge in [0.05, 0.1) is 43.1 Å². The Bertz CT molecular complexity index is 2480. The van der Waals surface area contributed by atoms with E-state index in [1.807, 2.05) is 23.9 Å². The van der Waals surface area contributed by atoms with Crippen LogP contribution in [0.5, 0.6) is 11.5 Å². The summed E-state index contributed by atoms with van der Waals surface area (Å²) in [6.07, 6.45) is -1.05. The molecule has 3 aromatic rings. The summed E-state index contributed by atoms with van der Waals surface area (Å²) in [6.45, 7) is 8.88. The van der Waals surface area contributed by atoms with Crippen molar-refractivity contribution in [1.82, 2.24) is 35.5 Å². The maximum Gasteiger partial charge on any atom is 0.407 e. The number of nitrogens with zero attached hydrogens (tertiary/aromatic N) is 3. The standard InChI is InChI=1S/C45H60F2N8O10S2/c1-23(2)48-42-50-32(22-66-42)31-19-34(28-16-13-25(63-6)17-30(28)49-31)65-26-18-33(38(56)53-45(20-29(45)37(46)47)41(59)54-67(61,62)27-14-15-27)55(21-26)40(58)36(44(3,4)5)52-39(57)35(51-43(60)64-7)24-11-9-8-10-12-24/h13,16-17,19,22-24,26-27,29,33,35-37H,8-12,14-15,18,20-21H2,1-7H3,(H,48,50)(H,51,60)(H,52,57)(H,53,56)(H,54,59)/t26-,29+,33?,35+,36-,45+/m1/s1. The first kappa shape index (κ1) is 49.5. The first-order chi connectivity index (χ1) is 31.6. The quantitative estimate of drug-likeness (QED) is 0.118. The molecule has 3 heterocycles. The van der Waals surface area contributed by atoms with Crippen molar-refractivity contribution in [3.63, 3.8) is 0 Å². The van der Waals surface area contributed by atoms with Gasteiger partial charge < -0.3 is 40.4 Å². The SMILES string of the molecule is COC(=O)N[C@H](C(=O)N[C@H](C(=O)N1C[C@H](Oc2cc(-c3csc(NC(C)C)n3)nc3cc(OC)ccc23)CC1C(=O)N[C@@]1(C(=O)NS(=O)(=O)C2CC2)C[C@H]1C(F)F)C(C)(C)C)C1CCCCC1. The van der Waals surface area contributed by atoms with E-state index in [9.17, 15) is 36.4 Å². The Morgan fingerprint density at radius 3 is 2.28 bits per heavy atom. The van der Waals surface area contributed by atoms with Gasteiger partial charge in [-0.25, -0.2) is 32.0 Å². The van der Waals surface area contributed by atoms with E-state index in [4.69, 9.17) is 24.2 Å². The van der Waals surface area contributed by atoms with Gasteiger partial charge >= 0.3 is 6.09 Å². The van der Waals surface area contributed by atoms with Gasteiger partial charge in [-0.15, -0.1) is 11.3 Å². The largest absolute Gasteiger partial charge is 0.497 e. The third-order valence-electron chi connectivity index (χ3n) is 12.8. The molecule has 3 aliphatic carbocycles. The highest BCUT2D eigenvalue weighted by atomic mass is 32.2. The molecule has 5 N–H and O–H groups in total. The zero-order valence-electron chi connectivity index (χ0n) is 38.7. The molecule has 22 heteroatoms. The number of methoxy groups -OCH3 is 2. The number of amides is 5. The number of sulfonamides is 1. The van der Waals surface area contributed by atoms with Crippen LogP contribution in [0.2, 0.25) is 0 Å². The highest BCUT2D eigenvalue weighted by Gasteiger charge is 2.67. The number of likely N-dealkylation sites (tertiary alicyclic amines) is 1. The van der Waals surface area contributed by atoms with E-state index in [2.05, 4.69) is 21.3 Å². The number of ether oxygens (including phenoxy) is 3. The molecule has 0 spiro atoms. The lowest BCUT2D eigenvalue weighted by Crippen LogP contribution is -2.62. The predicted molar refractivity (Wildman–Crippen MR) is 245 cm³/mol. The first-order valence-electron chi connectivity index (χ1n) is 22.6. The van der Waals surface area contributed by atoms with Gasteiger partial charge in [-0.1, -0.05) is 40.0 Å². The van der Waals surface area contributed by atoms with Gasteiger partial charge in [0.1, 0.15) is 47.0 Å². The van der Waals surface area contributed by atoms with E-state index in [0.29, 0.717) is 64.6 Å². The molecule has 1 aromatic carbocycles. The molecule has 3 saturated carbocycles. The Hall–Kier alpha value is -5.38. The molecule has 366 valence electrons. The van der Waals surface area contributed by atoms with E-state index in [1.165, 1.54) is 30.5 Å². The number of fused-ring (bicyclic) bond motifs is 1. The number of carbonyl (C=O) groups is 5. The Morgan fingerprint density at radius 2 is 1.67 bits per heavy atom. The van der Waals surface area contributed by atoms with Crippen LogP contribution in [0.25, 0.3) is 22.3 Å². The number of benzene rings is 1. The molecule has 4 fully saturated rings. The van der Waals surface area contributed by atoms with Crippen LogP contribution in [-0.4, -0.2) is 121 Å². The van der Waals surface area contributed by atoms with Gasteiger partial charge in [-0.3, -0.25) is 23.9 Å². The second-order valence-electron chi connectivity index (χ2n) is 19.3. The van der Waals surface area contributed by atoms with Gasteiger partial charge in [0.25, 0.3) is 5.91 Å². The third kappa shape index (κ3) is 11.2. The molecule has 0 bridgehead atoms. The van der Waals surface area contributed by atoms with Crippen molar-refractivity contribution in [3.8, 4) is 22.9 Å². The lowest BCUT2D eigenvalue weighted by Gasteiger charge is -2.37. The Morgan fingerprint density at radius 1 is 0.955 bits per heavy atom. The maximum absolute atomic E-state index is 15.1. The van der Waals surface area contributed by atoms with Crippen molar-refractivity contribution < 1.29 is 55.4 Å². The van der Waals surface area contributed by atoms with Crippen molar-refractivity contribution in [2.75, 3.05) is 26.1 Å². The van der Waals surface area contributed by atoms with Crippen LogP contribution in [-0.2, 0) is 33.9 Å². The lowest BCUT2D eigenvalue weighted by atomic mass is 9.82. The number of carbonyl (C=O) groups excluding carboxylic acids is 5. The number of pyridine rings is 1. The fraction of sp³-hybridized carbons (Fsp3) is 0.622. The van der Waals surface area contributed by atoms with Crippen LogP contribution < -0.4 is 35.5 Å². The summed E-state index contributed by atoms with van der Waals surface area (Å²) in [7, 11) is -1.49. The van der Waals surface area contributed by atoms with E-state index >= 15 is 4.79 Å². The van der Waals surface area contributed by atoms with Crippen LogP contribution >= 0.6 is 11.3 Å². The molecule has 67 heavy (non-hydrogen) atoms. The van der Waals surface area contributed by atoms with Crippen molar-refractivity contribution in [3.05, 3.63) is 29.6 Å². The van der Waals surface area contributed by atoms with Crippen LogP contribution in [0.15, 0.2) is 29.6 Å². The van der Waals surface area contributed by atoms with Gasteiger partial charge in [0.15, 0.2) is 5.13 Å². The number of aromatic nitrogens is 2. The molecule has 1 unspecified atom stereocenters. The molecular formula is C45H60F2N8O10S2. The fourth-order valence-electron chi connectivity index (χ4n) is 8.93. The highest BCUT2D eigenvalue weighted by Crippen LogP contribution is 2.49. The van der Waals surface area contributed by atoms with E-state index in [-0.39, 0.29) is 24.9 Å². The second kappa shape index (κ2) is 19.7. The number of alkyl halides is 2. The van der Waals surface area contributed by atoms with Crippen molar-refractivity contribution in [2.24, 2.45) is 17.3 Å². The number of rotatable bonds is 17. The summed E-state index contributed by atoms with van der Waals surface area (Å²) in [5.74, 6) is -4.75.